The van der Waals surface area contributed by atoms with E-state index in [9.17, 15) is 18.9 Å². The Labute approximate surface area is 89.6 Å². The van der Waals surface area contributed by atoms with Gasteiger partial charge in [0.05, 0.1) is 4.92 Å². The van der Waals surface area contributed by atoms with E-state index in [1.165, 1.54) is 12.1 Å². The highest BCUT2D eigenvalue weighted by molar-refractivity contribution is 7.79. The van der Waals surface area contributed by atoms with E-state index in [0.717, 1.165) is 5.56 Å². The van der Waals surface area contributed by atoms with Crippen LogP contribution in [0, 0.1) is 10.1 Å². The van der Waals surface area contributed by atoms with Gasteiger partial charge in [0.1, 0.15) is 0 Å². The zero-order valence-electron chi connectivity index (χ0n) is 8.08. The highest BCUT2D eigenvalue weighted by atomic mass is 32.2. The van der Waals surface area contributed by atoms with E-state index in [2.05, 4.69) is 0 Å². The molecule has 0 saturated carbocycles. The summed E-state index contributed by atoms with van der Waals surface area (Å²) in [4.78, 5) is 9.88. The van der Waals surface area contributed by atoms with Crippen molar-refractivity contribution >= 4 is 16.8 Å². The lowest BCUT2D eigenvalue weighted by atomic mass is 10.0. The van der Waals surface area contributed by atoms with Crippen LogP contribution in [0.2, 0.25) is 0 Å². The largest absolute Gasteiger partial charge is 0.772 e. The molecule has 82 valence electrons. The Morgan fingerprint density at radius 2 is 1.93 bits per heavy atom. The topological polar surface area (TPSA) is 83.3 Å². The molecule has 0 N–H and O–H groups in total. The summed E-state index contributed by atoms with van der Waals surface area (Å²) < 4.78 is 20.9. The number of hydrogen-bond donors (Lipinski definition) is 0. The fraction of sp³-hybridized carbons (Fsp3) is 0.333. The molecule has 0 radical (unpaired) electrons. The van der Waals surface area contributed by atoms with Crippen LogP contribution in [0.4, 0.5) is 5.69 Å². The second kappa shape index (κ2) is 4.99. The zero-order chi connectivity index (χ0) is 11.4. The third-order valence-electron chi connectivity index (χ3n) is 2.06. The van der Waals surface area contributed by atoms with E-state index in [0.29, 0.717) is 0 Å². The van der Waals surface area contributed by atoms with Gasteiger partial charge in [0, 0.05) is 17.9 Å². The van der Waals surface area contributed by atoms with Crippen LogP contribution < -0.4 is 0 Å². The number of rotatable bonds is 4. The molecule has 2 unspecified atom stereocenters. The van der Waals surface area contributed by atoms with Gasteiger partial charge in [-0.25, -0.2) is 0 Å². The van der Waals surface area contributed by atoms with Gasteiger partial charge in [-0.3, -0.25) is 14.3 Å². The molecule has 0 aromatic heterocycles. The quantitative estimate of drug-likeness (QED) is 0.445. The summed E-state index contributed by atoms with van der Waals surface area (Å²) in [7, 11) is 0. The Kier molecular flexibility index (Phi) is 3.93. The van der Waals surface area contributed by atoms with Crippen molar-refractivity contribution in [3.05, 3.63) is 39.9 Å². The molecule has 0 heterocycles. The molecule has 5 nitrogen and oxygen atoms in total. The molecule has 0 saturated heterocycles. The molecule has 0 aliphatic rings. The van der Waals surface area contributed by atoms with Gasteiger partial charge in [-0.1, -0.05) is 30.1 Å². The van der Waals surface area contributed by atoms with E-state index in [1.54, 1.807) is 19.1 Å². The molecule has 0 bridgehead atoms. The fourth-order valence-electron chi connectivity index (χ4n) is 1.22. The van der Waals surface area contributed by atoms with Gasteiger partial charge in [0.15, 0.2) is 0 Å². The molecule has 1 aromatic carbocycles. The lowest BCUT2D eigenvalue weighted by Gasteiger charge is -2.13. The Hall–Kier alpha value is -1.27. The first-order valence-electron chi connectivity index (χ1n) is 4.31. The van der Waals surface area contributed by atoms with E-state index in [1.807, 2.05) is 0 Å². The molecular weight excluding hydrogens is 218 g/mol. The molecular formula is C9H10NO4S-. The molecule has 0 amide bonds. The molecule has 15 heavy (non-hydrogen) atoms. The smallest absolute Gasteiger partial charge is 0.269 e. The average molecular weight is 228 g/mol. The maximum Gasteiger partial charge on any atom is 0.269 e. The second-order valence-electron chi connectivity index (χ2n) is 3.22. The maximum atomic E-state index is 10.4. The van der Waals surface area contributed by atoms with Crippen molar-refractivity contribution in [1.29, 1.82) is 0 Å². The Morgan fingerprint density at radius 1 is 1.40 bits per heavy atom. The van der Waals surface area contributed by atoms with E-state index in [4.69, 9.17) is 0 Å². The summed E-state index contributed by atoms with van der Waals surface area (Å²) in [6.45, 7) is 1.76. The van der Waals surface area contributed by atoms with Crippen LogP contribution in [0.1, 0.15) is 18.4 Å². The highest BCUT2D eigenvalue weighted by Crippen LogP contribution is 2.19. The molecule has 0 fully saturated rings. The zero-order valence-corrected chi connectivity index (χ0v) is 8.90. The van der Waals surface area contributed by atoms with Crippen molar-refractivity contribution < 1.29 is 13.7 Å². The molecule has 1 aromatic rings. The van der Waals surface area contributed by atoms with Crippen molar-refractivity contribution in [2.45, 2.75) is 12.8 Å². The van der Waals surface area contributed by atoms with Crippen LogP contribution in [-0.2, 0) is 11.1 Å². The van der Waals surface area contributed by atoms with Crippen molar-refractivity contribution in [2.75, 3.05) is 5.75 Å². The number of nitro benzene ring substituents is 1. The normalized spacial score (nSPS) is 14.5. The Balaban J connectivity index is 2.79. The first kappa shape index (κ1) is 11.8. The van der Waals surface area contributed by atoms with Gasteiger partial charge in [-0.2, -0.15) is 0 Å². The first-order valence-corrected chi connectivity index (χ1v) is 5.55. The second-order valence-corrected chi connectivity index (χ2v) is 4.16. The van der Waals surface area contributed by atoms with Crippen LogP contribution in [0.15, 0.2) is 24.3 Å². The SMILES string of the molecule is CC(CS(=O)[O-])c1ccc([N+](=O)[O-])cc1. The summed E-state index contributed by atoms with van der Waals surface area (Å²) in [5, 5.41) is 10.4. The van der Waals surface area contributed by atoms with Gasteiger partial charge in [0.25, 0.3) is 5.69 Å². The summed E-state index contributed by atoms with van der Waals surface area (Å²) in [5.74, 6) is -0.123. The number of non-ortho nitro benzene ring substituents is 1. The molecule has 2 atom stereocenters. The molecule has 1 rings (SSSR count). The van der Waals surface area contributed by atoms with E-state index in [-0.39, 0.29) is 17.4 Å². The predicted octanol–water partition coefficient (Wildman–Crippen LogP) is 1.58. The van der Waals surface area contributed by atoms with Crippen molar-refractivity contribution in [3.63, 3.8) is 0 Å². The Bertz CT molecular complexity index is 376. The van der Waals surface area contributed by atoms with Gasteiger partial charge in [-0.05, 0) is 11.5 Å². The third kappa shape index (κ3) is 3.41. The molecule has 6 heteroatoms. The van der Waals surface area contributed by atoms with E-state index < -0.39 is 16.0 Å². The summed E-state index contributed by atoms with van der Waals surface area (Å²) in [6.07, 6.45) is 0. The Morgan fingerprint density at radius 3 is 2.33 bits per heavy atom. The van der Waals surface area contributed by atoms with Gasteiger partial charge >= 0.3 is 0 Å². The lowest BCUT2D eigenvalue weighted by Crippen LogP contribution is -2.05. The highest BCUT2D eigenvalue weighted by Gasteiger charge is 2.08. The summed E-state index contributed by atoms with van der Waals surface area (Å²) in [5.41, 5.74) is 0.791. The van der Waals surface area contributed by atoms with Crippen LogP contribution in [0.25, 0.3) is 0 Å². The van der Waals surface area contributed by atoms with Gasteiger partial charge in [0.2, 0.25) is 0 Å². The molecule has 0 aliphatic carbocycles. The number of benzene rings is 1. The first-order chi connectivity index (χ1) is 7.00. The monoisotopic (exact) mass is 228 g/mol. The minimum Gasteiger partial charge on any atom is -0.772 e. The fourth-order valence-corrected chi connectivity index (χ4v) is 1.83. The third-order valence-corrected chi connectivity index (χ3v) is 2.83. The number of nitro groups is 1. The lowest BCUT2D eigenvalue weighted by molar-refractivity contribution is -0.384. The van der Waals surface area contributed by atoms with Crippen molar-refractivity contribution in [3.8, 4) is 0 Å². The number of nitrogens with zero attached hydrogens (tertiary/aromatic N) is 1. The maximum absolute atomic E-state index is 10.4. The van der Waals surface area contributed by atoms with Crippen molar-refractivity contribution in [2.24, 2.45) is 0 Å². The van der Waals surface area contributed by atoms with Crippen LogP contribution in [0.5, 0.6) is 0 Å². The van der Waals surface area contributed by atoms with Crippen LogP contribution >= 0.6 is 0 Å². The standard InChI is InChI=1S/C9H11NO4S/c1-7(6-15(13)14)8-2-4-9(5-3-8)10(11)12/h2-5,7H,6H2,1H3,(H,13,14)/p-1. The molecule has 0 spiro atoms. The van der Waals surface area contributed by atoms with Gasteiger partial charge in [-0.15, -0.1) is 0 Å². The van der Waals surface area contributed by atoms with Crippen LogP contribution in [0.3, 0.4) is 0 Å². The number of hydrogen-bond acceptors (Lipinski definition) is 4. The summed E-state index contributed by atoms with van der Waals surface area (Å²) >= 11 is -2.09. The minimum absolute atomic E-state index is 0.00851. The van der Waals surface area contributed by atoms with E-state index >= 15 is 0 Å². The molecule has 0 aliphatic heterocycles. The van der Waals surface area contributed by atoms with Crippen LogP contribution in [-0.4, -0.2) is 19.4 Å². The average Bonchev–Trinajstić information content (AvgIpc) is 2.17. The predicted molar refractivity (Wildman–Crippen MR) is 55.3 cm³/mol. The summed E-state index contributed by atoms with van der Waals surface area (Å²) in [6, 6.07) is 5.91. The minimum atomic E-state index is -2.09. The van der Waals surface area contributed by atoms with Crippen molar-refractivity contribution in [1.82, 2.24) is 0 Å². The van der Waals surface area contributed by atoms with Gasteiger partial charge < -0.3 is 4.55 Å².